The zero-order valence-electron chi connectivity index (χ0n) is 17.8. The Bertz CT molecular complexity index is 1090. The van der Waals surface area contributed by atoms with E-state index < -0.39 is 23.3 Å². The van der Waals surface area contributed by atoms with Crippen molar-refractivity contribution in [3.05, 3.63) is 106 Å². The van der Waals surface area contributed by atoms with Crippen molar-refractivity contribution in [2.45, 2.75) is 19.3 Å². The minimum atomic E-state index is -0.686. The fraction of sp³-hybridized carbons (Fsp3) is 0.200. The number of nitrogens with zero attached hydrogens (tertiary/aromatic N) is 1. The van der Waals surface area contributed by atoms with Gasteiger partial charge >= 0.3 is 5.97 Å². The molecule has 3 aromatic carbocycles. The monoisotopic (exact) mass is 433 g/mol. The first-order valence-electron chi connectivity index (χ1n) is 9.99. The Kier molecular flexibility index (Phi) is 7.00. The van der Waals surface area contributed by atoms with Crippen molar-refractivity contribution in [1.82, 2.24) is 0 Å². The minimum absolute atomic E-state index is 0.120. The molecule has 0 bridgehead atoms. The molecule has 7 nitrogen and oxygen atoms in total. The minimum Gasteiger partial charge on any atom is -0.482 e. The summed E-state index contributed by atoms with van der Waals surface area (Å²) in [6, 6.07) is 22.7. The van der Waals surface area contributed by atoms with Crippen LogP contribution < -0.4 is 4.74 Å². The first kappa shape index (κ1) is 22.7. The molecule has 0 spiro atoms. The van der Waals surface area contributed by atoms with E-state index in [1.807, 2.05) is 30.3 Å². The third-order valence-electron chi connectivity index (χ3n) is 5.19. The smallest absolute Gasteiger partial charge is 0.344 e. The lowest BCUT2D eigenvalue weighted by Gasteiger charge is -2.26. The van der Waals surface area contributed by atoms with E-state index in [0.29, 0.717) is 5.75 Å². The standard InChI is InChI=1S/C25H23NO6/c1-25(2,19-6-4-3-5-7-19)20-10-14-22(15-11-20)31-17-24(28)32-16-23(27)18-8-12-21(13-9-18)26(29)30/h3-15H,16-17H2,1-2H3. The van der Waals surface area contributed by atoms with Crippen LogP contribution >= 0.6 is 0 Å². The highest BCUT2D eigenvalue weighted by Gasteiger charge is 2.22. The van der Waals surface area contributed by atoms with Crippen molar-refractivity contribution in [3.63, 3.8) is 0 Å². The Morgan fingerprint density at radius 2 is 1.44 bits per heavy atom. The fourth-order valence-corrected chi connectivity index (χ4v) is 3.17. The molecule has 0 atom stereocenters. The molecule has 0 saturated carbocycles. The first-order valence-corrected chi connectivity index (χ1v) is 9.99. The Labute approximate surface area is 185 Å². The Morgan fingerprint density at radius 3 is 2.03 bits per heavy atom. The van der Waals surface area contributed by atoms with Crippen LogP contribution in [0.1, 0.15) is 35.3 Å². The number of benzene rings is 3. The third-order valence-corrected chi connectivity index (χ3v) is 5.19. The molecule has 0 aliphatic carbocycles. The van der Waals surface area contributed by atoms with Crippen LogP contribution in [0.3, 0.4) is 0 Å². The number of ether oxygens (including phenoxy) is 2. The van der Waals surface area contributed by atoms with Gasteiger partial charge in [-0.05, 0) is 35.4 Å². The van der Waals surface area contributed by atoms with Gasteiger partial charge in [0, 0.05) is 23.1 Å². The number of ketones is 1. The fourth-order valence-electron chi connectivity index (χ4n) is 3.17. The molecule has 0 N–H and O–H groups in total. The first-order chi connectivity index (χ1) is 15.3. The number of rotatable bonds is 9. The summed E-state index contributed by atoms with van der Waals surface area (Å²) in [4.78, 5) is 34.1. The maximum absolute atomic E-state index is 12.1. The number of nitro groups is 1. The number of nitro benzene ring substituents is 1. The van der Waals surface area contributed by atoms with E-state index in [1.165, 1.54) is 29.8 Å². The molecule has 7 heteroatoms. The molecule has 0 radical (unpaired) electrons. The molecule has 0 aliphatic heterocycles. The zero-order valence-corrected chi connectivity index (χ0v) is 17.8. The average Bonchev–Trinajstić information content (AvgIpc) is 2.82. The number of hydrogen-bond donors (Lipinski definition) is 0. The van der Waals surface area contributed by atoms with Gasteiger partial charge in [0.15, 0.2) is 19.0 Å². The second-order valence-corrected chi connectivity index (χ2v) is 7.69. The maximum Gasteiger partial charge on any atom is 0.344 e. The van der Waals surface area contributed by atoms with E-state index in [-0.39, 0.29) is 23.3 Å². The Hall–Kier alpha value is -4.00. The molecule has 0 fully saturated rings. The second kappa shape index (κ2) is 9.87. The maximum atomic E-state index is 12.1. The topological polar surface area (TPSA) is 95.7 Å². The van der Waals surface area contributed by atoms with Gasteiger partial charge in [-0.3, -0.25) is 14.9 Å². The van der Waals surface area contributed by atoms with Gasteiger partial charge < -0.3 is 9.47 Å². The molecule has 0 amide bonds. The van der Waals surface area contributed by atoms with Gasteiger partial charge in [0.05, 0.1) is 4.92 Å². The lowest BCUT2D eigenvalue weighted by Crippen LogP contribution is -2.20. The van der Waals surface area contributed by atoms with Crippen molar-refractivity contribution < 1.29 is 24.0 Å². The SMILES string of the molecule is CC(C)(c1ccccc1)c1ccc(OCC(=O)OCC(=O)c2ccc([N+](=O)[O-])cc2)cc1. The van der Waals surface area contributed by atoms with E-state index in [1.54, 1.807) is 12.1 Å². The predicted molar refractivity (Wildman–Crippen MR) is 119 cm³/mol. The van der Waals surface area contributed by atoms with Crippen molar-refractivity contribution in [1.29, 1.82) is 0 Å². The Balaban J connectivity index is 1.49. The van der Waals surface area contributed by atoms with Crippen LogP contribution in [-0.2, 0) is 14.9 Å². The Morgan fingerprint density at radius 1 is 0.844 bits per heavy atom. The molecular weight excluding hydrogens is 410 g/mol. The van der Waals surface area contributed by atoms with E-state index in [0.717, 1.165) is 5.56 Å². The summed E-state index contributed by atoms with van der Waals surface area (Å²) < 4.78 is 10.4. The van der Waals surface area contributed by atoms with Crippen LogP contribution in [0.15, 0.2) is 78.9 Å². The highest BCUT2D eigenvalue weighted by molar-refractivity contribution is 5.98. The molecule has 3 aromatic rings. The van der Waals surface area contributed by atoms with Crippen LogP contribution in [0.4, 0.5) is 5.69 Å². The van der Waals surface area contributed by atoms with Gasteiger partial charge in [0.1, 0.15) is 5.75 Å². The van der Waals surface area contributed by atoms with Gasteiger partial charge in [0.2, 0.25) is 0 Å². The molecule has 0 heterocycles. The van der Waals surface area contributed by atoms with Crippen LogP contribution in [0.5, 0.6) is 5.75 Å². The molecule has 0 aromatic heterocycles. The number of carbonyl (C=O) groups excluding carboxylic acids is 2. The van der Waals surface area contributed by atoms with Gasteiger partial charge in [-0.15, -0.1) is 0 Å². The molecule has 164 valence electrons. The van der Waals surface area contributed by atoms with Gasteiger partial charge in [-0.25, -0.2) is 4.79 Å². The third kappa shape index (κ3) is 5.57. The normalized spacial score (nSPS) is 10.9. The summed E-state index contributed by atoms with van der Waals surface area (Å²) in [7, 11) is 0. The molecular formula is C25H23NO6. The van der Waals surface area contributed by atoms with Crippen LogP contribution in [0.2, 0.25) is 0 Å². The lowest BCUT2D eigenvalue weighted by atomic mass is 9.78. The summed E-state index contributed by atoms with van der Waals surface area (Å²) in [6.45, 7) is 3.47. The van der Waals surface area contributed by atoms with Crippen molar-refractivity contribution in [3.8, 4) is 5.75 Å². The molecule has 3 rings (SSSR count). The number of hydrogen-bond acceptors (Lipinski definition) is 6. The van der Waals surface area contributed by atoms with Crippen molar-refractivity contribution >= 4 is 17.4 Å². The lowest BCUT2D eigenvalue weighted by molar-refractivity contribution is -0.384. The summed E-state index contributed by atoms with van der Waals surface area (Å²) in [5, 5.41) is 10.7. The second-order valence-electron chi connectivity index (χ2n) is 7.69. The van der Waals surface area contributed by atoms with Crippen LogP contribution in [0.25, 0.3) is 0 Å². The van der Waals surface area contributed by atoms with Crippen LogP contribution in [0, 0.1) is 10.1 Å². The van der Waals surface area contributed by atoms with E-state index >= 15 is 0 Å². The van der Waals surface area contributed by atoms with Crippen LogP contribution in [-0.4, -0.2) is 29.9 Å². The highest BCUT2D eigenvalue weighted by Crippen LogP contribution is 2.32. The molecule has 0 aliphatic rings. The quantitative estimate of drug-likeness (QED) is 0.210. The average molecular weight is 433 g/mol. The van der Waals surface area contributed by atoms with Crippen molar-refractivity contribution in [2.24, 2.45) is 0 Å². The summed E-state index contributed by atoms with van der Waals surface area (Å²) in [6.07, 6.45) is 0. The van der Waals surface area contributed by atoms with E-state index in [2.05, 4.69) is 26.0 Å². The molecule has 32 heavy (non-hydrogen) atoms. The number of non-ortho nitro benzene ring substituents is 1. The van der Waals surface area contributed by atoms with E-state index in [4.69, 9.17) is 9.47 Å². The number of Topliss-reactive ketones (excluding diaryl/α,β-unsaturated/α-hetero) is 1. The predicted octanol–water partition coefficient (Wildman–Crippen LogP) is 4.73. The van der Waals surface area contributed by atoms with Gasteiger partial charge in [-0.2, -0.15) is 0 Å². The summed E-state index contributed by atoms with van der Waals surface area (Å²) in [5.41, 5.74) is 2.21. The summed E-state index contributed by atoms with van der Waals surface area (Å²) >= 11 is 0. The van der Waals surface area contributed by atoms with Gasteiger partial charge in [-0.1, -0.05) is 56.3 Å². The highest BCUT2D eigenvalue weighted by atomic mass is 16.6. The largest absolute Gasteiger partial charge is 0.482 e. The molecule has 0 saturated heterocycles. The number of esters is 1. The number of carbonyl (C=O) groups is 2. The van der Waals surface area contributed by atoms with E-state index in [9.17, 15) is 19.7 Å². The summed E-state index contributed by atoms with van der Waals surface area (Å²) in [5.74, 6) is -0.633. The molecule has 0 unspecified atom stereocenters. The van der Waals surface area contributed by atoms with Crippen molar-refractivity contribution in [2.75, 3.05) is 13.2 Å². The zero-order chi connectivity index (χ0) is 23.1. The van der Waals surface area contributed by atoms with Gasteiger partial charge in [0.25, 0.3) is 5.69 Å².